The van der Waals surface area contributed by atoms with Crippen LogP contribution in [-0.2, 0) is 25.5 Å². The first-order valence-electron chi connectivity index (χ1n) is 8.70. The molecule has 8 nitrogen and oxygen atoms in total. The smallest absolute Gasteiger partial charge is 0.324 e. The van der Waals surface area contributed by atoms with E-state index in [1.807, 2.05) is 30.3 Å². The fourth-order valence-corrected chi connectivity index (χ4v) is 3.20. The number of nitrogens with zero attached hydrogens (tertiary/aromatic N) is 2. The molecule has 0 bridgehead atoms. The molecule has 1 aliphatic rings. The Balaban J connectivity index is 2.16. The van der Waals surface area contributed by atoms with E-state index >= 15 is 0 Å². The first-order valence-corrected chi connectivity index (χ1v) is 8.70. The number of nitrogens with two attached hydrogens (primary N) is 1. The number of hydrogen-bond donors (Lipinski definition) is 2. The van der Waals surface area contributed by atoms with E-state index in [0.29, 0.717) is 25.8 Å². The molecule has 1 aromatic rings. The van der Waals surface area contributed by atoms with Crippen LogP contribution in [0.4, 0.5) is 0 Å². The van der Waals surface area contributed by atoms with Crippen LogP contribution in [0.5, 0.6) is 0 Å². The molecule has 2 atom stereocenters. The molecule has 8 heteroatoms. The molecule has 26 heavy (non-hydrogen) atoms. The summed E-state index contributed by atoms with van der Waals surface area (Å²) in [7, 11) is 0. The molecule has 1 fully saturated rings. The lowest BCUT2D eigenvalue weighted by Crippen LogP contribution is -2.60. The Bertz CT molecular complexity index is 637. The molecule has 0 radical (unpaired) electrons. The summed E-state index contributed by atoms with van der Waals surface area (Å²) in [5, 5.41) is 11.1. The van der Waals surface area contributed by atoms with Gasteiger partial charge in [-0.2, -0.15) is 5.12 Å². The largest absolute Gasteiger partial charge is 0.480 e. The van der Waals surface area contributed by atoms with Gasteiger partial charge in [-0.15, -0.1) is 0 Å². The van der Waals surface area contributed by atoms with Gasteiger partial charge in [0.1, 0.15) is 6.54 Å². The SMILES string of the molecule is CCOC(=O)C(CCc1ccccc1)C1CCN(N)N(CC(=O)O)C1=O. The normalized spacial score (nSPS) is 19.2. The predicted molar refractivity (Wildman–Crippen MR) is 93.2 cm³/mol. The van der Waals surface area contributed by atoms with Crippen molar-refractivity contribution in [3.05, 3.63) is 35.9 Å². The Hall–Kier alpha value is -2.45. The van der Waals surface area contributed by atoms with E-state index < -0.39 is 36.2 Å². The lowest BCUT2D eigenvalue weighted by Gasteiger charge is -2.39. The van der Waals surface area contributed by atoms with Crippen LogP contribution in [0.1, 0.15) is 25.3 Å². The number of aryl methyl sites for hydroxylation is 1. The molecular weight excluding hydrogens is 338 g/mol. The van der Waals surface area contributed by atoms with Gasteiger partial charge in [-0.05, 0) is 31.7 Å². The van der Waals surface area contributed by atoms with E-state index in [9.17, 15) is 14.4 Å². The van der Waals surface area contributed by atoms with Crippen molar-refractivity contribution >= 4 is 17.8 Å². The maximum absolute atomic E-state index is 12.8. The third-order valence-corrected chi connectivity index (χ3v) is 4.50. The molecule has 0 aliphatic carbocycles. The summed E-state index contributed by atoms with van der Waals surface area (Å²) in [5.74, 6) is 2.42. The van der Waals surface area contributed by atoms with Crippen molar-refractivity contribution < 1.29 is 24.2 Å². The predicted octanol–water partition coefficient (Wildman–Crippen LogP) is 0.822. The fraction of sp³-hybridized carbons (Fsp3) is 0.500. The fourth-order valence-electron chi connectivity index (χ4n) is 3.20. The highest BCUT2D eigenvalue weighted by molar-refractivity contribution is 5.87. The molecule has 2 unspecified atom stereocenters. The number of carboxylic acid groups (broad SMARTS) is 1. The first-order chi connectivity index (χ1) is 12.4. The Morgan fingerprint density at radius 2 is 2.04 bits per heavy atom. The summed E-state index contributed by atoms with van der Waals surface area (Å²) in [5.41, 5.74) is 1.06. The second-order valence-electron chi connectivity index (χ2n) is 6.23. The average Bonchev–Trinajstić information content (AvgIpc) is 2.61. The number of rotatable bonds is 8. The van der Waals surface area contributed by atoms with Crippen LogP contribution in [0.25, 0.3) is 0 Å². The van der Waals surface area contributed by atoms with Gasteiger partial charge in [0.05, 0.1) is 18.4 Å². The second-order valence-corrected chi connectivity index (χ2v) is 6.23. The Kier molecular flexibility index (Phi) is 7.11. The van der Waals surface area contributed by atoms with Crippen LogP contribution in [0.2, 0.25) is 0 Å². The van der Waals surface area contributed by atoms with E-state index in [1.54, 1.807) is 6.92 Å². The zero-order chi connectivity index (χ0) is 19.1. The van der Waals surface area contributed by atoms with Crippen molar-refractivity contribution in [2.45, 2.75) is 26.2 Å². The third-order valence-electron chi connectivity index (χ3n) is 4.50. The van der Waals surface area contributed by atoms with Gasteiger partial charge >= 0.3 is 11.9 Å². The highest BCUT2D eigenvalue weighted by atomic mass is 16.5. The van der Waals surface area contributed by atoms with Crippen LogP contribution >= 0.6 is 0 Å². The lowest BCUT2D eigenvalue weighted by atomic mass is 9.83. The van der Waals surface area contributed by atoms with E-state index in [1.165, 1.54) is 0 Å². The summed E-state index contributed by atoms with van der Waals surface area (Å²) in [4.78, 5) is 36.2. The Morgan fingerprint density at radius 1 is 1.35 bits per heavy atom. The van der Waals surface area contributed by atoms with Crippen molar-refractivity contribution in [1.29, 1.82) is 0 Å². The molecule has 1 heterocycles. The lowest BCUT2D eigenvalue weighted by molar-refractivity contribution is -0.176. The minimum atomic E-state index is -1.16. The van der Waals surface area contributed by atoms with Gasteiger partial charge in [0.15, 0.2) is 0 Å². The number of carbonyl (C=O) groups is 3. The maximum atomic E-state index is 12.8. The zero-order valence-corrected chi connectivity index (χ0v) is 14.8. The molecule has 1 amide bonds. The molecule has 1 saturated heterocycles. The number of amides is 1. The number of ether oxygens (including phenoxy) is 1. The van der Waals surface area contributed by atoms with Crippen molar-refractivity contribution in [2.75, 3.05) is 19.7 Å². The van der Waals surface area contributed by atoms with Crippen molar-refractivity contribution in [2.24, 2.45) is 17.7 Å². The van der Waals surface area contributed by atoms with Crippen LogP contribution in [-0.4, -0.2) is 52.8 Å². The van der Waals surface area contributed by atoms with E-state index in [0.717, 1.165) is 15.7 Å². The van der Waals surface area contributed by atoms with Gasteiger partial charge in [-0.25, -0.2) is 0 Å². The molecule has 1 aliphatic heterocycles. The molecule has 0 saturated carbocycles. The zero-order valence-electron chi connectivity index (χ0n) is 14.8. The third kappa shape index (κ3) is 5.03. The number of hydrazine groups is 2. The molecule has 0 aromatic heterocycles. The van der Waals surface area contributed by atoms with Crippen molar-refractivity contribution in [1.82, 2.24) is 10.1 Å². The van der Waals surface area contributed by atoms with Crippen LogP contribution in [0, 0.1) is 11.8 Å². The highest BCUT2D eigenvalue weighted by Gasteiger charge is 2.41. The summed E-state index contributed by atoms with van der Waals surface area (Å²) in [6, 6.07) is 9.67. The van der Waals surface area contributed by atoms with E-state index in [2.05, 4.69) is 0 Å². The number of carboxylic acids is 1. The van der Waals surface area contributed by atoms with E-state index in [-0.39, 0.29) is 6.61 Å². The standard InChI is InChI=1S/C18H25N3O5/c1-2-26-18(25)15(9-8-13-6-4-3-5-7-13)14-10-11-21(19)20(17(14)24)12-16(22)23/h3-7,14-15H,2,8-12,19H2,1H3,(H,22,23). The van der Waals surface area contributed by atoms with Gasteiger partial charge in [0, 0.05) is 6.54 Å². The Morgan fingerprint density at radius 3 is 2.65 bits per heavy atom. The van der Waals surface area contributed by atoms with Crippen LogP contribution < -0.4 is 5.84 Å². The van der Waals surface area contributed by atoms with Crippen molar-refractivity contribution in [3.8, 4) is 0 Å². The minimum absolute atomic E-state index is 0.226. The average molecular weight is 363 g/mol. The van der Waals surface area contributed by atoms with E-state index in [4.69, 9.17) is 15.7 Å². The monoisotopic (exact) mass is 363 g/mol. The summed E-state index contributed by atoms with van der Waals surface area (Å²) in [6.07, 6.45) is 1.45. The number of hydrogen-bond acceptors (Lipinski definition) is 6. The molecule has 142 valence electrons. The van der Waals surface area contributed by atoms with Crippen molar-refractivity contribution in [3.63, 3.8) is 0 Å². The number of esters is 1. The highest BCUT2D eigenvalue weighted by Crippen LogP contribution is 2.29. The number of aliphatic carboxylic acids is 1. The number of benzene rings is 1. The summed E-state index contributed by atoms with van der Waals surface area (Å²) in [6.45, 7) is 1.71. The van der Waals surface area contributed by atoms with Crippen LogP contribution in [0.3, 0.4) is 0 Å². The second kappa shape index (κ2) is 9.30. The topological polar surface area (TPSA) is 113 Å². The van der Waals surface area contributed by atoms with Gasteiger partial charge in [-0.3, -0.25) is 25.2 Å². The quantitative estimate of drug-likeness (QED) is 0.519. The van der Waals surface area contributed by atoms with Gasteiger partial charge in [0.2, 0.25) is 5.91 Å². The maximum Gasteiger partial charge on any atom is 0.324 e. The molecule has 3 N–H and O–H groups in total. The Labute approximate surface area is 152 Å². The molecular formula is C18H25N3O5. The van der Waals surface area contributed by atoms with Gasteiger partial charge in [0.25, 0.3) is 0 Å². The van der Waals surface area contributed by atoms with Gasteiger partial charge < -0.3 is 9.84 Å². The summed E-state index contributed by atoms with van der Waals surface area (Å²) < 4.78 is 5.17. The van der Waals surface area contributed by atoms with Crippen LogP contribution in [0.15, 0.2) is 30.3 Å². The minimum Gasteiger partial charge on any atom is -0.480 e. The first kappa shape index (κ1) is 19.9. The molecule has 0 spiro atoms. The van der Waals surface area contributed by atoms with Gasteiger partial charge in [-0.1, -0.05) is 30.3 Å². The molecule has 2 rings (SSSR count). The number of carbonyl (C=O) groups excluding carboxylic acids is 2. The summed E-state index contributed by atoms with van der Waals surface area (Å²) >= 11 is 0. The molecule has 1 aromatic carbocycles.